The lowest BCUT2D eigenvalue weighted by molar-refractivity contribution is -0.140. The number of halogens is 2. The molecule has 13 heteroatoms. The zero-order valence-electron chi connectivity index (χ0n) is 28.6. The van der Waals surface area contributed by atoms with Gasteiger partial charge in [-0.2, -0.15) is 5.26 Å². The number of fused-ring (bicyclic) bond motifs is 1. The highest BCUT2D eigenvalue weighted by atomic mass is 35.5. The van der Waals surface area contributed by atoms with Crippen LogP contribution in [0, 0.1) is 11.3 Å². The van der Waals surface area contributed by atoms with Crippen LogP contribution in [0.3, 0.4) is 0 Å². The molecule has 2 aliphatic heterocycles. The predicted octanol–water partition coefficient (Wildman–Crippen LogP) is 5.44. The lowest BCUT2D eigenvalue weighted by Gasteiger charge is -2.22. The van der Waals surface area contributed by atoms with Crippen LogP contribution >= 0.6 is 23.2 Å². The van der Waals surface area contributed by atoms with Crippen LogP contribution in [0.5, 0.6) is 11.5 Å². The van der Waals surface area contributed by atoms with Crippen LogP contribution in [0.1, 0.15) is 40.7 Å². The Morgan fingerprint density at radius 3 is 2.60 bits per heavy atom. The van der Waals surface area contributed by atoms with Gasteiger partial charge in [-0.05, 0) is 55.1 Å². The van der Waals surface area contributed by atoms with Gasteiger partial charge in [0.25, 0.3) is 0 Å². The zero-order valence-corrected chi connectivity index (χ0v) is 30.1. The Kier molecular flexibility index (Phi) is 12.5. The molecule has 272 valence electrons. The Morgan fingerprint density at radius 2 is 1.83 bits per heavy atom. The molecule has 0 aliphatic carbocycles. The number of pyridine rings is 1. The molecule has 3 heterocycles. The van der Waals surface area contributed by atoms with E-state index >= 15 is 0 Å². The standard InChI is InChI=1S/C39H41Cl2N5O6/c40-33-15-28(20-44-34(22-47)39(49)50)36(51-23-26-14-25(17-42)18-43-19-26)16-37(33)52-24-27-4-1-6-32(38(27)41)30-5-2-7-35-31(30)9-13-46(35)11-3-10-45-12-8-29(48)21-45/h1-2,4-7,14-16,18-19,29,34,44,47-48H,3,8-13,20-24H2,(H,49,50)/t29?,34-/m0/s1. The van der Waals surface area contributed by atoms with Gasteiger partial charge in [0.05, 0.1) is 28.3 Å². The summed E-state index contributed by atoms with van der Waals surface area (Å²) < 4.78 is 12.4. The van der Waals surface area contributed by atoms with Crippen molar-refractivity contribution in [3.05, 3.63) is 105 Å². The Morgan fingerprint density at radius 1 is 1.02 bits per heavy atom. The fraction of sp³-hybridized carbons (Fsp3) is 0.359. The van der Waals surface area contributed by atoms with Crippen molar-refractivity contribution in [3.63, 3.8) is 0 Å². The number of likely N-dealkylation sites (tertiary alicyclic amines) is 1. The van der Waals surface area contributed by atoms with E-state index in [0.29, 0.717) is 33.2 Å². The van der Waals surface area contributed by atoms with Crippen LogP contribution < -0.4 is 19.7 Å². The minimum absolute atomic E-state index is 0.0403. The molecule has 11 nitrogen and oxygen atoms in total. The first-order chi connectivity index (χ1) is 25.2. The number of nitrogens with one attached hydrogen (secondary N) is 1. The quantitative estimate of drug-likeness (QED) is 0.116. The number of nitrogens with zero attached hydrogens (tertiary/aromatic N) is 4. The van der Waals surface area contributed by atoms with Crippen molar-refractivity contribution in [3.8, 4) is 28.7 Å². The zero-order chi connectivity index (χ0) is 36.6. The van der Waals surface area contributed by atoms with E-state index in [9.17, 15) is 25.4 Å². The van der Waals surface area contributed by atoms with Gasteiger partial charge in [0, 0.05) is 79.1 Å². The van der Waals surface area contributed by atoms with Crippen LogP contribution in [0.4, 0.5) is 5.69 Å². The monoisotopic (exact) mass is 745 g/mol. The number of carbonyl (C=O) groups is 1. The van der Waals surface area contributed by atoms with Gasteiger partial charge in [-0.1, -0.05) is 53.5 Å². The molecule has 2 atom stereocenters. The number of ether oxygens (including phenoxy) is 2. The van der Waals surface area contributed by atoms with Gasteiger partial charge in [0.2, 0.25) is 0 Å². The normalized spacial score (nSPS) is 16.1. The molecule has 52 heavy (non-hydrogen) atoms. The molecule has 1 fully saturated rings. The highest BCUT2D eigenvalue weighted by molar-refractivity contribution is 6.34. The summed E-state index contributed by atoms with van der Waals surface area (Å²) in [6.45, 7) is 4.25. The molecule has 1 aromatic heterocycles. The number of carboxylic acid groups (broad SMARTS) is 1. The van der Waals surface area contributed by atoms with Crippen molar-refractivity contribution in [1.82, 2.24) is 15.2 Å². The number of β-amino-alcohol motifs (C(OH)–C–C–N with tert-alkyl or cyclic N) is 1. The minimum Gasteiger partial charge on any atom is -0.488 e. The van der Waals surface area contributed by atoms with Crippen LogP contribution in [0.2, 0.25) is 10.0 Å². The molecule has 0 radical (unpaired) electrons. The summed E-state index contributed by atoms with van der Waals surface area (Å²) in [6.07, 6.45) is 5.66. The van der Waals surface area contributed by atoms with Gasteiger partial charge < -0.3 is 34.6 Å². The first-order valence-corrected chi connectivity index (χ1v) is 18.0. The maximum atomic E-state index is 11.5. The van der Waals surface area contributed by atoms with Gasteiger partial charge in [-0.25, -0.2) is 0 Å². The van der Waals surface area contributed by atoms with E-state index in [0.717, 1.165) is 68.7 Å². The van der Waals surface area contributed by atoms with Gasteiger partial charge in [-0.15, -0.1) is 0 Å². The Labute approximate surface area is 312 Å². The molecule has 0 saturated carbocycles. The summed E-state index contributed by atoms with van der Waals surface area (Å²) in [6, 6.07) is 18.1. The third kappa shape index (κ3) is 8.96. The molecular weight excluding hydrogens is 705 g/mol. The molecule has 0 bridgehead atoms. The summed E-state index contributed by atoms with van der Waals surface area (Å²) in [7, 11) is 0. The predicted molar refractivity (Wildman–Crippen MR) is 199 cm³/mol. The summed E-state index contributed by atoms with van der Waals surface area (Å²) >= 11 is 13.8. The second kappa shape index (κ2) is 17.4. The van der Waals surface area contributed by atoms with E-state index in [1.807, 2.05) is 18.2 Å². The van der Waals surface area contributed by atoms with Gasteiger partial charge in [0.15, 0.2) is 0 Å². The Hall–Kier alpha value is -4.41. The summed E-state index contributed by atoms with van der Waals surface area (Å²) in [5, 5.41) is 41.7. The first kappa shape index (κ1) is 37.4. The minimum atomic E-state index is -1.19. The number of aromatic nitrogens is 1. The lowest BCUT2D eigenvalue weighted by atomic mass is 9.96. The number of hydrogen-bond donors (Lipinski definition) is 4. The van der Waals surface area contributed by atoms with E-state index in [-0.39, 0.29) is 30.9 Å². The molecule has 0 spiro atoms. The van der Waals surface area contributed by atoms with E-state index < -0.39 is 18.6 Å². The van der Waals surface area contributed by atoms with Crippen molar-refractivity contribution in [2.45, 2.75) is 51.2 Å². The van der Waals surface area contributed by atoms with Gasteiger partial charge >= 0.3 is 5.97 Å². The highest BCUT2D eigenvalue weighted by Gasteiger charge is 2.25. The summed E-state index contributed by atoms with van der Waals surface area (Å²) in [5.74, 6) is -0.483. The second-order valence-electron chi connectivity index (χ2n) is 13.0. The SMILES string of the molecule is N#Cc1cncc(COc2cc(OCc3cccc(-c4cccc5c4CCN5CCCN4CCC(O)C4)c3Cl)c(Cl)cc2CN[C@@H](CO)C(=O)O)c1. The molecule has 2 aliphatic rings. The van der Waals surface area contributed by atoms with Crippen molar-refractivity contribution in [2.75, 3.05) is 44.2 Å². The van der Waals surface area contributed by atoms with Crippen molar-refractivity contribution >= 4 is 34.9 Å². The van der Waals surface area contributed by atoms with E-state index in [4.69, 9.17) is 32.7 Å². The number of aliphatic hydroxyl groups is 2. The highest BCUT2D eigenvalue weighted by Crippen LogP contribution is 2.41. The largest absolute Gasteiger partial charge is 0.488 e. The number of carboxylic acids is 1. The van der Waals surface area contributed by atoms with Crippen molar-refractivity contribution in [1.29, 1.82) is 5.26 Å². The first-order valence-electron chi connectivity index (χ1n) is 17.3. The number of nitriles is 1. The molecule has 1 unspecified atom stereocenters. The van der Waals surface area contributed by atoms with Crippen LogP contribution in [-0.2, 0) is 31.0 Å². The third-order valence-electron chi connectivity index (χ3n) is 9.48. The van der Waals surface area contributed by atoms with E-state index in [1.165, 1.54) is 17.4 Å². The average molecular weight is 747 g/mol. The van der Waals surface area contributed by atoms with Crippen molar-refractivity contribution in [2.24, 2.45) is 0 Å². The van der Waals surface area contributed by atoms with Crippen LogP contribution in [0.25, 0.3) is 11.1 Å². The number of anilines is 1. The molecule has 4 aromatic rings. The van der Waals surface area contributed by atoms with Gasteiger partial charge in [0.1, 0.15) is 36.8 Å². The molecule has 0 amide bonds. The third-order valence-corrected chi connectivity index (χ3v) is 10.2. The number of hydrogen-bond acceptors (Lipinski definition) is 10. The van der Waals surface area contributed by atoms with E-state index in [2.05, 4.69) is 44.4 Å². The molecule has 6 rings (SSSR count). The number of aliphatic hydroxyl groups excluding tert-OH is 2. The molecule has 4 N–H and O–H groups in total. The summed E-state index contributed by atoms with van der Waals surface area (Å²) in [5.41, 5.74) is 6.90. The number of benzene rings is 3. The van der Waals surface area contributed by atoms with Gasteiger partial charge in [-0.3, -0.25) is 15.1 Å². The number of rotatable bonds is 16. The Balaban J connectivity index is 1.18. The fourth-order valence-corrected chi connectivity index (χ4v) is 7.27. The van der Waals surface area contributed by atoms with Crippen molar-refractivity contribution < 1.29 is 29.6 Å². The maximum Gasteiger partial charge on any atom is 0.323 e. The molecular formula is C39H41Cl2N5O6. The second-order valence-corrected chi connectivity index (χ2v) is 13.8. The number of aliphatic carboxylic acids is 1. The smallest absolute Gasteiger partial charge is 0.323 e. The fourth-order valence-electron chi connectivity index (χ4n) is 6.75. The Bertz CT molecular complexity index is 1940. The molecule has 3 aromatic carbocycles. The van der Waals surface area contributed by atoms with Crippen LogP contribution in [-0.4, -0.2) is 82.6 Å². The topological polar surface area (TPSA) is 151 Å². The van der Waals surface area contributed by atoms with Crippen LogP contribution in [0.15, 0.2) is 67.0 Å². The average Bonchev–Trinajstić information content (AvgIpc) is 3.77. The lowest BCUT2D eigenvalue weighted by Crippen LogP contribution is -2.39. The van der Waals surface area contributed by atoms with E-state index in [1.54, 1.807) is 24.4 Å². The maximum absolute atomic E-state index is 11.5. The summed E-state index contributed by atoms with van der Waals surface area (Å²) in [4.78, 5) is 20.4. The molecule has 1 saturated heterocycles.